The van der Waals surface area contributed by atoms with Gasteiger partial charge in [-0.1, -0.05) is 60.7 Å². The topological polar surface area (TPSA) is 44.8 Å². The predicted octanol–water partition coefficient (Wildman–Crippen LogP) is 4.05. The van der Waals surface area contributed by atoms with Crippen molar-refractivity contribution < 1.29 is 9.53 Å². The molecule has 1 N–H and O–H groups in total. The number of benzene rings is 3. The molecule has 3 aromatic rings. The van der Waals surface area contributed by atoms with Gasteiger partial charge < -0.3 is 15.0 Å². The third-order valence-corrected chi connectivity index (χ3v) is 5.69. The highest BCUT2D eigenvalue weighted by atomic mass is 16.5. The number of methoxy groups -OCH3 is 1. The Kier molecular flexibility index (Phi) is 6.85. The number of carbonyl (C=O) groups is 1. The number of nitrogens with one attached hydrogen (secondary N) is 1. The van der Waals surface area contributed by atoms with E-state index in [2.05, 4.69) is 39.4 Å². The number of anilines is 2. The molecule has 0 unspecified atom stereocenters. The van der Waals surface area contributed by atoms with Crippen LogP contribution in [-0.4, -0.2) is 50.6 Å². The van der Waals surface area contributed by atoms with Gasteiger partial charge in [-0.2, -0.15) is 0 Å². The minimum atomic E-state index is 0.0336. The average molecular weight is 416 g/mol. The van der Waals surface area contributed by atoms with Crippen LogP contribution >= 0.6 is 0 Å². The van der Waals surface area contributed by atoms with Crippen molar-refractivity contribution in [2.45, 2.75) is 6.42 Å². The van der Waals surface area contributed by atoms with Crippen molar-refractivity contribution in [2.75, 3.05) is 50.1 Å². The van der Waals surface area contributed by atoms with Gasteiger partial charge in [-0.15, -0.1) is 0 Å². The van der Waals surface area contributed by atoms with Crippen molar-refractivity contribution in [3.63, 3.8) is 0 Å². The second-order valence-electron chi connectivity index (χ2n) is 7.80. The van der Waals surface area contributed by atoms with Crippen LogP contribution < -0.4 is 15.0 Å². The Bertz CT molecular complexity index is 998. The van der Waals surface area contributed by atoms with Gasteiger partial charge >= 0.3 is 0 Å². The van der Waals surface area contributed by atoms with Gasteiger partial charge in [-0.25, -0.2) is 0 Å². The summed E-state index contributed by atoms with van der Waals surface area (Å²) in [6.07, 6.45) is 0.800. The van der Waals surface area contributed by atoms with Crippen LogP contribution in [0.25, 0.3) is 0 Å². The van der Waals surface area contributed by atoms with Crippen LogP contribution in [0.4, 0.5) is 11.4 Å². The number of rotatable bonds is 7. The van der Waals surface area contributed by atoms with E-state index in [1.54, 1.807) is 7.11 Å². The van der Waals surface area contributed by atoms with Gasteiger partial charge in [0, 0.05) is 31.9 Å². The van der Waals surface area contributed by atoms with Crippen LogP contribution in [-0.2, 0) is 11.2 Å². The fraction of sp³-hybridized carbons (Fsp3) is 0.269. The van der Waals surface area contributed by atoms with E-state index < -0.39 is 0 Å². The highest BCUT2D eigenvalue weighted by Gasteiger charge is 2.21. The molecule has 1 amide bonds. The van der Waals surface area contributed by atoms with Crippen LogP contribution in [0.2, 0.25) is 0 Å². The number of hydrogen-bond donors (Lipinski definition) is 1. The summed E-state index contributed by atoms with van der Waals surface area (Å²) in [5, 5.41) is 3.13. The molecule has 0 spiro atoms. The average Bonchev–Trinajstić information content (AvgIpc) is 2.81. The monoisotopic (exact) mass is 415 g/mol. The summed E-state index contributed by atoms with van der Waals surface area (Å²) in [5.74, 6) is 0.926. The SMILES string of the molecule is COc1ccccc1N1CCN(CC(=O)Nc2ccccc2Cc2ccccc2)CC1. The highest BCUT2D eigenvalue weighted by molar-refractivity contribution is 5.93. The molecular weight excluding hydrogens is 386 g/mol. The Morgan fingerprint density at radius 1 is 0.871 bits per heavy atom. The summed E-state index contributed by atoms with van der Waals surface area (Å²) in [7, 11) is 1.70. The van der Waals surface area contributed by atoms with Crippen molar-refractivity contribution >= 4 is 17.3 Å². The number of amides is 1. The van der Waals surface area contributed by atoms with Crippen LogP contribution in [0.15, 0.2) is 78.9 Å². The van der Waals surface area contributed by atoms with E-state index in [9.17, 15) is 4.79 Å². The number of ether oxygens (including phenoxy) is 1. The smallest absolute Gasteiger partial charge is 0.238 e. The Hall–Kier alpha value is -3.31. The van der Waals surface area contributed by atoms with Crippen LogP contribution in [0.5, 0.6) is 5.75 Å². The lowest BCUT2D eigenvalue weighted by atomic mass is 10.0. The molecule has 1 heterocycles. The van der Waals surface area contributed by atoms with Crippen molar-refractivity contribution in [1.29, 1.82) is 0 Å². The van der Waals surface area contributed by atoms with Crippen molar-refractivity contribution in [3.8, 4) is 5.75 Å². The van der Waals surface area contributed by atoms with Crippen LogP contribution in [0.1, 0.15) is 11.1 Å². The van der Waals surface area contributed by atoms with Gasteiger partial charge in [0.2, 0.25) is 5.91 Å². The molecule has 1 saturated heterocycles. The third-order valence-electron chi connectivity index (χ3n) is 5.69. The molecule has 4 rings (SSSR count). The molecule has 0 radical (unpaired) electrons. The van der Waals surface area contributed by atoms with E-state index in [-0.39, 0.29) is 5.91 Å². The maximum atomic E-state index is 12.8. The lowest BCUT2D eigenvalue weighted by molar-refractivity contribution is -0.117. The molecule has 0 atom stereocenters. The second-order valence-corrected chi connectivity index (χ2v) is 7.80. The van der Waals surface area contributed by atoms with Gasteiger partial charge in [0.25, 0.3) is 0 Å². The van der Waals surface area contributed by atoms with Crippen molar-refractivity contribution in [1.82, 2.24) is 4.90 Å². The first kappa shape index (κ1) is 20.9. The molecule has 5 nitrogen and oxygen atoms in total. The zero-order valence-corrected chi connectivity index (χ0v) is 18.0. The number of nitrogens with zero attached hydrogens (tertiary/aromatic N) is 2. The molecule has 0 bridgehead atoms. The lowest BCUT2D eigenvalue weighted by Gasteiger charge is -2.36. The first-order valence-electron chi connectivity index (χ1n) is 10.7. The number of carbonyl (C=O) groups excluding carboxylic acids is 1. The molecule has 0 saturated carbocycles. The quantitative estimate of drug-likeness (QED) is 0.632. The zero-order valence-electron chi connectivity index (χ0n) is 18.0. The molecule has 3 aromatic carbocycles. The first-order chi connectivity index (χ1) is 15.2. The number of piperazine rings is 1. The molecule has 0 aliphatic carbocycles. The van der Waals surface area contributed by atoms with E-state index in [0.29, 0.717) is 6.54 Å². The van der Waals surface area contributed by atoms with Crippen LogP contribution in [0.3, 0.4) is 0 Å². The molecule has 1 fully saturated rings. The van der Waals surface area contributed by atoms with Gasteiger partial charge in [-0.3, -0.25) is 9.69 Å². The standard InChI is InChI=1S/C26H29N3O2/c1-31-25-14-8-7-13-24(25)29-17-15-28(16-18-29)20-26(30)27-23-12-6-5-11-22(23)19-21-9-3-2-4-10-21/h2-14H,15-20H2,1H3,(H,27,30). The Morgan fingerprint density at radius 3 is 2.32 bits per heavy atom. The first-order valence-corrected chi connectivity index (χ1v) is 10.7. The predicted molar refractivity (Wildman–Crippen MR) is 126 cm³/mol. The summed E-state index contributed by atoms with van der Waals surface area (Å²) >= 11 is 0. The van der Waals surface area contributed by atoms with Gasteiger partial charge in [0.05, 0.1) is 19.3 Å². The summed E-state index contributed by atoms with van der Waals surface area (Å²) in [5.41, 5.74) is 4.37. The molecule has 160 valence electrons. The highest BCUT2D eigenvalue weighted by Crippen LogP contribution is 2.28. The second kappa shape index (κ2) is 10.1. The van der Waals surface area contributed by atoms with Crippen LogP contribution in [0, 0.1) is 0 Å². The molecule has 31 heavy (non-hydrogen) atoms. The zero-order chi connectivity index (χ0) is 21.5. The van der Waals surface area contributed by atoms with Crippen molar-refractivity contribution in [2.24, 2.45) is 0 Å². The maximum Gasteiger partial charge on any atom is 0.238 e. The summed E-state index contributed by atoms with van der Waals surface area (Å²) in [6, 6.07) is 26.5. The fourth-order valence-corrected chi connectivity index (χ4v) is 4.04. The van der Waals surface area contributed by atoms with Gasteiger partial charge in [0.15, 0.2) is 0 Å². The van der Waals surface area contributed by atoms with E-state index in [0.717, 1.165) is 55.3 Å². The minimum absolute atomic E-state index is 0.0336. The van der Waals surface area contributed by atoms with Crippen molar-refractivity contribution in [3.05, 3.63) is 90.0 Å². The number of para-hydroxylation sites is 3. The fourth-order valence-electron chi connectivity index (χ4n) is 4.04. The summed E-state index contributed by atoms with van der Waals surface area (Å²) in [6.45, 7) is 3.84. The molecular formula is C26H29N3O2. The summed E-state index contributed by atoms with van der Waals surface area (Å²) < 4.78 is 5.49. The molecule has 0 aromatic heterocycles. The Labute approximate surface area is 184 Å². The maximum absolute atomic E-state index is 12.8. The van der Waals surface area contributed by atoms with Gasteiger partial charge in [-0.05, 0) is 35.7 Å². The lowest BCUT2D eigenvalue weighted by Crippen LogP contribution is -2.48. The van der Waals surface area contributed by atoms with E-state index in [4.69, 9.17) is 4.74 Å². The molecule has 5 heteroatoms. The molecule has 1 aliphatic heterocycles. The number of hydrogen-bond acceptors (Lipinski definition) is 4. The molecule has 1 aliphatic rings. The van der Waals surface area contributed by atoms with E-state index in [1.165, 1.54) is 5.56 Å². The Morgan fingerprint density at radius 2 is 1.55 bits per heavy atom. The normalized spacial score (nSPS) is 14.3. The van der Waals surface area contributed by atoms with E-state index in [1.807, 2.05) is 54.6 Å². The van der Waals surface area contributed by atoms with E-state index >= 15 is 0 Å². The summed E-state index contributed by atoms with van der Waals surface area (Å²) in [4.78, 5) is 17.3. The minimum Gasteiger partial charge on any atom is -0.495 e. The largest absolute Gasteiger partial charge is 0.495 e. The van der Waals surface area contributed by atoms with Gasteiger partial charge in [0.1, 0.15) is 5.75 Å². The Balaban J connectivity index is 1.32. The third kappa shape index (κ3) is 5.44.